The van der Waals surface area contributed by atoms with Gasteiger partial charge in [0.25, 0.3) is 5.91 Å². The zero-order valence-electron chi connectivity index (χ0n) is 18.6. The van der Waals surface area contributed by atoms with E-state index in [0.717, 1.165) is 37.9 Å². The van der Waals surface area contributed by atoms with Crippen LogP contribution < -0.4 is 5.32 Å². The third-order valence-corrected chi connectivity index (χ3v) is 6.57. The van der Waals surface area contributed by atoms with Crippen LogP contribution in [0.2, 0.25) is 0 Å². The van der Waals surface area contributed by atoms with Crippen molar-refractivity contribution in [2.45, 2.75) is 45.2 Å². The van der Waals surface area contributed by atoms with E-state index < -0.39 is 0 Å². The second-order valence-electron chi connectivity index (χ2n) is 9.04. The van der Waals surface area contributed by atoms with E-state index in [-0.39, 0.29) is 11.8 Å². The Morgan fingerprint density at radius 1 is 1.32 bits per heavy atom. The number of carbonyl (C=O) groups excluding carboxylic acids is 2. The van der Waals surface area contributed by atoms with Gasteiger partial charge in [-0.05, 0) is 50.6 Å². The molecule has 0 saturated carbocycles. The Hall–Kier alpha value is -2.68. The summed E-state index contributed by atoms with van der Waals surface area (Å²) in [6.07, 6.45) is 7.09. The molecule has 0 radical (unpaired) electrons. The minimum absolute atomic E-state index is 0.0582. The molecule has 2 fully saturated rings. The Labute approximate surface area is 182 Å². The lowest BCUT2D eigenvalue weighted by Gasteiger charge is -2.46. The zero-order chi connectivity index (χ0) is 22.0. The number of amides is 2. The molecule has 168 valence electrons. The molecule has 4 rings (SSSR count). The van der Waals surface area contributed by atoms with Crippen LogP contribution in [0.25, 0.3) is 0 Å². The fourth-order valence-electron chi connectivity index (χ4n) is 4.82. The average molecular weight is 429 g/mol. The van der Waals surface area contributed by atoms with Crippen LogP contribution in [-0.4, -0.2) is 76.3 Å². The van der Waals surface area contributed by atoms with Gasteiger partial charge in [-0.25, -0.2) is 0 Å². The number of hydrogen-bond donors (Lipinski definition) is 1. The molecule has 0 spiro atoms. The maximum Gasteiger partial charge on any atom is 0.276 e. The summed E-state index contributed by atoms with van der Waals surface area (Å²) in [6, 6.07) is 2.19. The number of aromatic nitrogens is 3. The van der Waals surface area contributed by atoms with Crippen molar-refractivity contribution in [2.75, 3.05) is 33.7 Å². The van der Waals surface area contributed by atoms with Gasteiger partial charge in [-0.15, -0.1) is 0 Å². The SMILES string of the molecule is Cc1onc(C(=O)N2CC3CNC(CCCC(=O)N(C)C)C(C3)C2)c1Cn1cccn1. The minimum Gasteiger partial charge on any atom is -0.361 e. The first-order valence-electron chi connectivity index (χ1n) is 11.1. The molecule has 1 N–H and O–H groups in total. The standard InChI is InChI=1S/C22H32N6O3/c1-15-18(14-28-9-5-8-24-28)21(25-31-15)22(30)27-12-16-10-17(13-27)19(23-11-16)6-4-7-20(29)26(2)3/h5,8-9,16-17,19,23H,4,6-7,10-14H2,1-3H3. The average Bonchev–Trinajstić information content (AvgIpc) is 3.39. The highest BCUT2D eigenvalue weighted by Crippen LogP contribution is 2.31. The van der Waals surface area contributed by atoms with Crippen molar-refractivity contribution in [1.29, 1.82) is 0 Å². The Balaban J connectivity index is 1.41. The van der Waals surface area contributed by atoms with Crippen molar-refractivity contribution < 1.29 is 14.1 Å². The van der Waals surface area contributed by atoms with E-state index in [1.54, 1.807) is 29.9 Å². The quantitative estimate of drug-likeness (QED) is 0.719. The summed E-state index contributed by atoms with van der Waals surface area (Å²) in [7, 11) is 3.59. The van der Waals surface area contributed by atoms with Gasteiger partial charge < -0.3 is 19.6 Å². The Kier molecular flexibility index (Phi) is 6.41. The number of nitrogens with one attached hydrogen (secondary N) is 1. The molecule has 2 saturated heterocycles. The van der Waals surface area contributed by atoms with Crippen LogP contribution in [0, 0.1) is 18.8 Å². The number of piperidine rings is 2. The maximum atomic E-state index is 13.4. The van der Waals surface area contributed by atoms with Crippen LogP contribution in [0.4, 0.5) is 0 Å². The van der Waals surface area contributed by atoms with Crippen LogP contribution in [0.15, 0.2) is 23.0 Å². The Bertz CT molecular complexity index is 906. The van der Waals surface area contributed by atoms with Gasteiger partial charge in [0.05, 0.1) is 6.54 Å². The molecular formula is C22H32N6O3. The molecule has 2 aromatic heterocycles. The number of nitrogens with zero attached hydrogens (tertiary/aromatic N) is 5. The van der Waals surface area contributed by atoms with Gasteiger partial charge in [0.15, 0.2) is 5.69 Å². The fraction of sp³-hybridized carbons (Fsp3) is 0.636. The summed E-state index contributed by atoms with van der Waals surface area (Å²) in [4.78, 5) is 28.8. The predicted molar refractivity (Wildman–Crippen MR) is 114 cm³/mol. The number of aryl methyl sites for hydroxylation is 1. The summed E-state index contributed by atoms with van der Waals surface area (Å²) in [6.45, 7) is 4.66. The molecule has 3 atom stereocenters. The molecule has 9 nitrogen and oxygen atoms in total. The summed E-state index contributed by atoms with van der Waals surface area (Å²) < 4.78 is 7.15. The van der Waals surface area contributed by atoms with Gasteiger partial charge in [0.1, 0.15) is 5.76 Å². The van der Waals surface area contributed by atoms with Gasteiger partial charge in [0.2, 0.25) is 5.91 Å². The monoisotopic (exact) mass is 428 g/mol. The molecule has 0 aromatic carbocycles. The first-order valence-corrected chi connectivity index (χ1v) is 11.1. The van der Waals surface area contributed by atoms with E-state index in [2.05, 4.69) is 15.6 Å². The smallest absolute Gasteiger partial charge is 0.276 e. The second-order valence-corrected chi connectivity index (χ2v) is 9.04. The molecule has 3 unspecified atom stereocenters. The van der Waals surface area contributed by atoms with Gasteiger partial charge in [-0.3, -0.25) is 14.3 Å². The van der Waals surface area contributed by atoms with E-state index in [1.807, 2.05) is 24.1 Å². The Morgan fingerprint density at radius 2 is 2.16 bits per heavy atom. The number of likely N-dealkylation sites (tertiary alicyclic amines) is 1. The van der Waals surface area contributed by atoms with E-state index in [1.165, 1.54) is 0 Å². The summed E-state index contributed by atoms with van der Waals surface area (Å²) >= 11 is 0. The Morgan fingerprint density at radius 3 is 2.90 bits per heavy atom. The molecule has 2 aliphatic rings. The van der Waals surface area contributed by atoms with E-state index in [4.69, 9.17) is 4.52 Å². The molecule has 2 amide bonds. The topological polar surface area (TPSA) is 96.5 Å². The van der Waals surface area contributed by atoms with Gasteiger partial charge in [0, 0.05) is 57.6 Å². The van der Waals surface area contributed by atoms with Crippen LogP contribution >= 0.6 is 0 Å². The summed E-state index contributed by atoms with van der Waals surface area (Å²) in [5.41, 5.74) is 1.19. The van der Waals surface area contributed by atoms with Crippen molar-refractivity contribution in [3.05, 3.63) is 35.5 Å². The predicted octanol–water partition coefficient (Wildman–Crippen LogP) is 1.54. The molecule has 31 heavy (non-hydrogen) atoms. The van der Waals surface area contributed by atoms with Crippen molar-refractivity contribution in [3.63, 3.8) is 0 Å². The largest absolute Gasteiger partial charge is 0.361 e. The highest BCUT2D eigenvalue weighted by atomic mass is 16.5. The van der Waals surface area contributed by atoms with Gasteiger partial charge >= 0.3 is 0 Å². The molecule has 9 heteroatoms. The summed E-state index contributed by atoms with van der Waals surface area (Å²) in [5.74, 6) is 1.61. The van der Waals surface area contributed by atoms with E-state index in [9.17, 15) is 9.59 Å². The molecule has 2 bridgehead atoms. The highest BCUT2D eigenvalue weighted by Gasteiger charge is 2.39. The van der Waals surface area contributed by atoms with Gasteiger partial charge in [-0.2, -0.15) is 5.10 Å². The number of rotatable bonds is 7. The lowest BCUT2D eigenvalue weighted by molar-refractivity contribution is -0.128. The third kappa shape index (κ3) is 4.81. The van der Waals surface area contributed by atoms with Crippen LogP contribution in [0.3, 0.4) is 0 Å². The van der Waals surface area contributed by atoms with Crippen LogP contribution in [0.5, 0.6) is 0 Å². The molecule has 4 heterocycles. The lowest BCUT2D eigenvalue weighted by Crippen LogP contribution is -2.57. The molecule has 2 aromatic rings. The third-order valence-electron chi connectivity index (χ3n) is 6.57. The van der Waals surface area contributed by atoms with Crippen LogP contribution in [0.1, 0.15) is 47.5 Å². The van der Waals surface area contributed by atoms with E-state index >= 15 is 0 Å². The first-order chi connectivity index (χ1) is 14.9. The second kappa shape index (κ2) is 9.21. The van der Waals surface area contributed by atoms with Crippen LogP contribution in [-0.2, 0) is 11.3 Å². The summed E-state index contributed by atoms with van der Waals surface area (Å²) in [5, 5.41) is 12.0. The number of fused-ring (bicyclic) bond motifs is 2. The number of hydrogen-bond acceptors (Lipinski definition) is 6. The van der Waals surface area contributed by atoms with Crippen molar-refractivity contribution in [3.8, 4) is 0 Å². The normalized spacial score (nSPS) is 23.1. The van der Waals surface area contributed by atoms with E-state index in [0.29, 0.717) is 48.8 Å². The van der Waals surface area contributed by atoms with Crippen molar-refractivity contribution in [1.82, 2.24) is 30.1 Å². The fourth-order valence-corrected chi connectivity index (χ4v) is 4.82. The van der Waals surface area contributed by atoms with Crippen molar-refractivity contribution in [2.24, 2.45) is 11.8 Å². The minimum atomic E-state index is -0.0582. The molecular weight excluding hydrogens is 396 g/mol. The first kappa shape index (κ1) is 21.5. The number of carbonyl (C=O) groups is 2. The molecule has 0 aliphatic carbocycles. The van der Waals surface area contributed by atoms with Crippen molar-refractivity contribution >= 4 is 11.8 Å². The lowest BCUT2D eigenvalue weighted by atomic mass is 9.79. The maximum absolute atomic E-state index is 13.4. The highest BCUT2D eigenvalue weighted by molar-refractivity contribution is 5.94. The molecule has 2 aliphatic heterocycles. The van der Waals surface area contributed by atoms with Gasteiger partial charge in [-0.1, -0.05) is 5.16 Å². The zero-order valence-corrected chi connectivity index (χ0v) is 18.6.